The second-order valence-corrected chi connectivity index (χ2v) is 14.1. The van der Waals surface area contributed by atoms with Gasteiger partial charge in [-0.1, -0.05) is 67.2 Å². The van der Waals surface area contributed by atoms with Gasteiger partial charge < -0.3 is 9.31 Å². The third-order valence-electron chi connectivity index (χ3n) is 6.71. The van der Waals surface area contributed by atoms with Gasteiger partial charge in [-0.15, -0.1) is 0 Å². The van der Waals surface area contributed by atoms with Crippen molar-refractivity contribution in [2.24, 2.45) is 0 Å². The summed E-state index contributed by atoms with van der Waals surface area (Å²) in [5, 5.41) is 1.55. The number of allylic oxidation sites excluding steroid dienone is 2. The van der Waals surface area contributed by atoms with Crippen molar-refractivity contribution >= 4 is 20.4 Å². The van der Waals surface area contributed by atoms with Gasteiger partial charge in [0.05, 0.1) is 19.3 Å². The van der Waals surface area contributed by atoms with Gasteiger partial charge in [0.1, 0.15) is 0 Å². The SMILES string of the molecule is CC1(C)OB([C@H]2C=C[C@@H]([Si](C)(C)c3ccccc3)CCC2)OC1(C)C. The fourth-order valence-electron chi connectivity index (χ4n) is 4.02. The van der Waals surface area contributed by atoms with Crippen LogP contribution in [-0.4, -0.2) is 26.4 Å². The molecule has 1 heterocycles. The zero-order valence-corrected chi connectivity index (χ0v) is 17.7. The molecule has 1 aliphatic carbocycles. The molecule has 0 bridgehead atoms. The minimum absolute atomic E-state index is 0.110. The van der Waals surface area contributed by atoms with Gasteiger partial charge in [-0.3, -0.25) is 0 Å². The van der Waals surface area contributed by atoms with Gasteiger partial charge in [0, 0.05) is 5.82 Å². The molecule has 1 aromatic carbocycles. The fraction of sp³-hybridized carbons (Fsp3) is 0.619. The monoisotopic (exact) mass is 356 g/mol. The summed E-state index contributed by atoms with van der Waals surface area (Å²) < 4.78 is 12.6. The van der Waals surface area contributed by atoms with E-state index in [1.807, 2.05) is 0 Å². The molecule has 2 atom stereocenters. The summed E-state index contributed by atoms with van der Waals surface area (Å²) in [5.41, 5.74) is 0.201. The normalized spacial score (nSPS) is 28.8. The first-order chi connectivity index (χ1) is 11.6. The van der Waals surface area contributed by atoms with Gasteiger partial charge in [-0.05, 0) is 46.1 Å². The van der Waals surface area contributed by atoms with E-state index in [0.717, 1.165) is 6.42 Å². The van der Waals surface area contributed by atoms with Crippen LogP contribution in [0.1, 0.15) is 47.0 Å². The zero-order chi connectivity index (χ0) is 18.3. The quantitative estimate of drug-likeness (QED) is 0.549. The molecule has 0 amide bonds. The molecule has 1 saturated heterocycles. The standard InChI is InChI=1S/C21H33BO2Si/c1-20(2)21(3,4)24-22(23-20)17-11-10-14-19(16-15-17)25(5,6)18-12-8-7-9-13-18/h7-9,12-13,15-17,19H,10-11,14H2,1-6H3/t17-,19+/m1/s1. The smallest absolute Gasteiger partial charge is 0.403 e. The molecule has 0 radical (unpaired) electrons. The van der Waals surface area contributed by atoms with E-state index in [1.165, 1.54) is 12.8 Å². The van der Waals surface area contributed by atoms with Crippen LogP contribution >= 0.6 is 0 Å². The van der Waals surface area contributed by atoms with Gasteiger partial charge in [0.2, 0.25) is 0 Å². The first-order valence-electron chi connectivity index (χ1n) is 9.73. The molecule has 0 saturated carbocycles. The summed E-state index contributed by atoms with van der Waals surface area (Å²) >= 11 is 0. The average molecular weight is 356 g/mol. The molecule has 3 rings (SSSR count). The lowest BCUT2D eigenvalue weighted by molar-refractivity contribution is 0.00578. The molecule has 2 nitrogen and oxygen atoms in total. The topological polar surface area (TPSA) is 18.5 Å². The summed E-state index contributed by atoms with van der Waals surface area (Å²) in [7, 11) is -1.61. The number of hydrogen-bond acceptors (Lipinski definition) is 2. The summed E-state index contributed by atoms with van der Waals surface area (Å²) in [5.74, 6) is 0.367. The molecule has 136 valence electrons. The van der Waals surface area contributed by atoms with Crippen LogP contribution in [0.3, 0.4) is 0 Å². The minimum atomic E-state index is -1.51. The van der Waals surface area contributed by atoms with Gasteiger partial charge in [-0.2, -0.15) is 0 Å². The van der Waals surface area contributed by atoms with Gasteiger partial charge in [0.15, 0.2) is 0 Å². The Balaban J connectivity index is 1.75. The Hall–Kier alpha value is -0.838. The molecule has 25 heavy (non-hydrogen) atoms. The lowest BCUT2D eigenvalue weighted by Crippen LogP contribution is -2.45. The van der Waals surface area contributed by atoms with E-state index in [9.17, 15) is 0 Å². The van der Waals surface area contributed by atoms with Crippen LogP contribution < -0.4 is 5.19 Å². The summed E-state index contributed by atoms with van der Waals surface area (Å²) in [4.78, 5) is 0. The van der Waals surface area contributed by atoms with E-state index in [1.54, 1.807) is 5.19 Å². The van der Waals surface area contributed by atoms with Crippen LogP contribution in [-0.2, 0) is 9.31 Å². The van der Waals surface area contributed by atoms with Crippen LogP contribution in [0.25, 0.3) is 0 Å². The molecule has 0 N–H and O–H groups in total. The zero-order valence-electron chi connectivity index (χ0n) is 16.7. The van der Waals surface area contributed by atoms with E-state index in [-0.39, 0.29) is 18.3 Å². The number of hydrogen-bond donors (Lipinski definition) is 0. The second-order valence-electron chi connectivity index (χ2n) is 9.30. The largest absolute Gasteiger partial charge is 0.465 e. The summed E-state index contributed by atoms with van der Waals surface area (Å²) in [6, 6.07) is 11.1. The number of rotatable bonds is 3. The Morgan fingerprint density at radius 2 is 1.52 bits per heavy atom. The van der Waals surface area contributed by atoms with E-state index in [0.29, 0.717) is 11.4 Å². The highest BCUT2D eigenvalue weighted by molar-refractivity contribution is 6.91. The highest BCUT2D eigenvalue weighted by Gasteiger charge is 2.53. The van der Waals surface area contributed by atoms with Crippen molar-refractivity contribution in [3.05, 3.63) is 42.5 Å². The molecule has 0 spiro atoms. The second kappa shape index (κ2) is 6.71. The Bertz CT molecular complexity index is 608. The Labute approximate surface area is 155 Å². The highest BCUT2D eigenvalue weighted by Crippen LogP contribution is 2.43. The van der Waals surface area contributed by atoms with Crippen molar-refractivity contribution in [2.45, 2.75) is 82.6 Å². The van der Waals surface area contributed by atoms with E-state index in [4.69, 9.17) is 9.31 Å². The van der Waals surface area contributed by atoms with Gasteiger partial charge >= 0.3 is 7.12 Å². The van der Waals surface area contributed by atoms with E-state index < -0.39 is 8.07 Å². The maximum atomic E-state index is 6.30. The molecule has 1 aromatic rings. The van der Waals surface area contributed by atoms with Crippen LogP contribution in [0.5, 0.6) is 0 Å². The predicted molar refractivity (Wildman–Crippen MR) is 110 cm³/mol. The lowest BCUT2D eigenvalue weighted by Gasteiger charge is -2.32. The van der Waals surface area contributed by atoms with Crippen LogP contribution in [0.2, 0.25) is 24.5 Å². The summed E-state index contributed by atoms with van der Waals surface area (Å²) in [6.07, 6.45) is 8.57. The lowest BCUT2D eigenvalue weighted by atomic mass is 9.69. The summed E-state index contributed by atoms with van der Waals surface area (Å²) in [6.45, 7) is 13.6. The van der Waals surface area contributed by atoms with Crippen molar-refractivity contribution in [2.75, 3.05) is 0 Å². The van der Waals surface area contributed by atoms with Crippen molar-refractivity contribution in [3.8, 4) is 0 Å². The van der Waals surface area contributed by atoms with E-state index in [2.05, 4.69) is 83.3 Å². The molecular weight excluding hydrogens is 323 g/mol. The number of benzene rings is 1. The highest BCUT2D eigenvalue weighted by atomic mass is 28.3. The maximum Gasteiger partial charge on any atom is 0.465 e. The van der Waals surface area contributed by atoms with Crippen LogP contribution in [0, 0.1) is 0 Å². The molecule has 4 heteroatoms. The third kappa shape index (κ3) is 3.67. The third-order valence-corrected chi connectivity index (χ3v) is 10.9. The molecule has 0 unspecified atom stereocenters. The molecule has 0 aromatic heterocycles. The fourth-order valence-corrected chi connectivity index (χ4v) is 7.01. The van der Waals surface area contributed by atoms with Crippen LogP contribution in [0.15, 0.2) is 42.5 Å². The van der Waals surface area contributed by atoms with E-state index >= 15 is 0 Å². The molecule has 1 fully saturated rings. The first-order valence-corrected chi connectivity index (χ1v) is 12.8. The predicted octanol–water partition coefficient (Wildman–Crippen LogP) is 5.17. The van der Waals surface area contributed by atoms with Gasteiger partial charge in [-0.25, -0.2) is 0 Å². The van der Waals surface area contributed by atoms with Gasteiger partial charge in [0.25, 0.3) is 0 Å². The van der Waals surface area contributed by atoms with Crippen LogP contribution in [0.4, 0.5) is 0 Å². The van der Waals surface area contributed by atoms with Crippen molar-refractivity contribution in [1.29, 1.82) is 0 Å². The van der Waals surface area contributed by atoms with Crippen molar-refractivity contribution in [3.63, 3.8) is 0 Å². The molecular formula is C21H33BO2Si. The van der Waals surface area contributed by atoms with Crippen molar-refractivity contribution in [1.82, 2.24) is 0 Å². The Morgan fingerprint density at radius 3 is 2.12 bits per heavy atom. The molecule has 1 aliphatic heterocycles. The average Bonchev–Trinajstić information content (AvgIpc) is 2.74. The minimum Gasteiger partial charge on any atom is -0.403 e. The maximum absolute atomic E-state index is 6.30. The Kier molecular flexibility index (Phi) is 5.09. The first kappa shape index (κ1) is 18.9. The van der Waals surface area contributed by atoms with Crippen molar-refractivity contribution < 1.29 is 9.31 Å². The Morgan fingerprint density at radius 1 is 0.920 bits per heavy atom. The molecule has 2 aliphatic rings.